The lowest BCUT2D eigenvalue weighted by atomic mass is 10.0. The van der Waals surface area contributed by atoms with Crippen molar-refractivity contribution in [1.82, 2.24) is 5.32 Å². The molecule has 0 bridgehead atoms. The lowest BCUT2D eigenvalue weighted by Crippen LogP contribution is -2.28. The van der Waals surface area contributed by atoms with Crippen molar-refractivity contribution in [3.8, 4) is 0 Å². The van der Waals surface area contributed by atoms with Crippen molar-refractivity contribution in [1.29, 1.82) is 0 Å². The van der Waals surface area contributed by atoms with Gasteiger partial charge >= 0.3 is 0 Å². The number of nitrogens with one attached hydrogen (secondary N) is 1. The molecule has 1 N–H and O–H groups in total. The molecule has 1 heterocycles. The third kappa shape index (κ3) is 3.19. The number of benzene rings is 3. The summed E-state index contributed by atoms with van der Waals surface area (Å²) in [6.45, 7) is 1.58. The predicted octanol–water partition coefficient (Wildman–Crippen LogP) is 3.83. The van der Waals surface area contributed by atoms with Gasteiger partial charge in [0.25, 0.3) is 5.91 Å². The van der Waals surface area contributed by atoms with E-state index in [0.717, 1.165) is 18.2 Å². The van der Waals surface area contributed by atoms with E-state index in [1.165, 1.54) is 36.4 Å². The summed E-state index contributed by atoms with van der Waals surface area (Å²) in [5.41, 5.74) is 0.462. The van der Waals surface area contributed by atoms with Gasteiger partial charge in [-0.2, -0.15) is 0 Å². The summed E-state index contributed by atoms with van der Waals surface area (Å²) in [4.78, 5) is 25.0. The average molecular weight is 427 g/mol. The fourth-order valence-electron chi connectivity index (χ4n) is 3.37. The minimum atomic E-state index is -3.97. The van der Waals surface area contributed by atoms with Gasteiger partial charge in [-0.05, 0) is 55.0 Å². The van der Waals surface area contributed by atoms with Crippen molar-refractivity contribution in [2.24, 2.45) is 0 Å². The summed E-state index contributed by atoms with van der Waals surface area (Å²) in [5.74, 6) is -3.08. The van der Waals surface area contributed by atoms with Crippen LogP contribution in [-0.2, 0) is 9.84 Å². The SMILES string of the molecule is CC(NC(=O)c1ccc2c(c1)S(=O)(=O)c1ccccc1C2=O)c1ccc(F)c(F)c1. The van der Waals surface area contributed by atoms with Crippen molar-refractivity contribution < 1.29 is 26.8 Å². The van der Waals surface area contributed by atoms with Crippen LogP contribution >= 0.6 is 0 Å². The monoisotopic (exact) mass is 427 g/mol. The van der Waals surface area contributed by atoms with Crippen molar-refractivity contribution in [3.05, 3.63) is 94.6 Å². The maximum atomic E-state index is 13.4. The number of sulfone groups is 1. The van der Waals surface area contributed by atoms with Crippen LogP contribution in [0.1, 0.15) is 44.8 Å². The first kappa shape index (κ1) is 19.9. The predicted molar refractivity (Wildman–Crippen MR) is 104 cm³/mol. The smallest absolute Gasteiger partial charge is 0.251 e. The molecule has 0 aliphatic carbocycles. The molecule has 0 fully saturated rings. The molecule has 1 aliphatic heterocycles. The Morgan fingerprint density at radius 2 is 1.60 bits per heavy atom. The van der Waals surface area contributed by atoms with Gasteiger partial charge in [-0.25, -0.2) is 17.2 Å². The highest BCUT2D eigenvalue weighted by Gasteiger charge is 2.35. The zero-order valence-electron chi connectivity index (χ0n) is 15.6. The number of hydrogen-bond donors (Lipinski definition) is 1. The van der Waals surface area contributed by atoms with Gasteiger partial charge in [-0.1, -0.05) is 18.2 Å². The maximum Gasteiger partial charge on any atom is 0.251 e. The van der Waals surface area contributed by atoms with Gasteiger partial charge in [0.05, 0.1) is 15.8 Å². The van der Waals surface area contributed by atoms with E-state index in [-0.39, 0.29) is 26.5 Å². The molecule has 0 saturated heterocycles. The van der Waals surface area contributed by atoms with Crippen molar-refractivity contribution in [2.75, 3.05) is 0 Å². The minimum absolute atomic E-state index is 0.00101. The van der Waals surface area contributed by atoms with Crippen molar-refractivity contribution in [3.63, 3.8) is 0 Å². The molecule has 1 amide bonds. The highest BCUT2D eigenvalue weighted by molar-refractivity contribution is 7.91. The Balaban J connectivity index is 1.67. The second kappa shape index (κ2) is 7.14. The average Bonchev–Trinajstić information content (AvgIpc) is 2.74. The number of rotatable bonds is 3. The lowest BCUT2D eigenvalue weighted by Gasteiger charge is -2.20. The largest absolute Gasteiger partial charge is 0.346 e. The molecule has 3 aromatic carbocycles. The molecule has 30 heavy (non-hydrogen) atoms. The van der Waals surface area contributed by atoms with Crippen LogP contribution in [0.3, 0.4) is 0 Å². The molecular formula is C22H15F2NO4S. The van der Waals surface area contributed by atoms with E-state index in [1.54, 1.807) is 13.0 Å². The molecule has 8 heteroatoms. The first-order valence-electron chi connectivity index (χ1n) is 8.99. The second-order valence-corrected chi connectivity index (χ2v) is 8.79. The number of halogens is 2. The van der Waals surface area contributed by atoms with Gasteiger partial charge < -0.3 is 5.32 Å². The summed E-state index contributed by atoms with van der Waals surface area (Å²) >= 11 is 0. The van der Waals surface area contributed by atoms with E-state index < -0.39 is 39.2 Å². The summed E-state index contributed by atoms with van der Waals surface area (Å²) in [6.07, 6.45) is 0. The first-order valence-corrected chi connectivity index (χ1v) is 10.5. The van der Waals surface area contributed by atoms with Crippen LogP contribution in [0.4, 0.5) is 8.78 Å². The van der Waals surface area contributed by atoms with E-state index >= 15 is 0 Å². The standard InChI is InChI=1S/C22H15F2NO4S/c1-12(13-7-9-17(23)18(24)10-13)25-22(27)14-6-8-16-20(11-14)30(28,29)19-5-3-2-4-15(19)21(16)26/h2-12H,1H3,(H,25,27). The summed E-state index contributed by atoms with van der Waals surface area (Å²) in [6, 6.07) is 12.3. The van der Waals surface area contributed by atoms with Gasteiger partial charge in [-0.15, -0.1) is 0 Å². The van der Waals surface area contributed by atoms with Gasteiger partial charge in [0.2, 0.25) is 9.84 Å². The van der Waals surface area contributed by atoms with Gasteiger partial charge in [0.15, 0.2) is 17.4 Å². The molecule has 152 valence electrons. The third-order valence-electron chi connectivity index (χ3n) is 4.99. The molecule has 1 aliphatic rings. The molecule has 0 spiro atoms. The molecule has 0 radical (unpaired) electrons. The van der Waals surface area contributed by atoms with Gasteiger partial charge in [0.1, 0.15) is 0 Å². The van der Waals surface area contributed by atoms with Crippen LogP contribution in [0.5, 0.6) is 0 Å². The molecule has 3 aromatic rings. The van der Waals surface area contributed by atoms with Crippen LogP contribution < -0.4 is 5.32 Å². The maximum absolute atomic E-state index is 13.4. The molecule has 0 saturated carbocycles. The molecular weight excluding hydrogens is 412 g/mol. The van der Waals surface area contributed by atoms with Crippen LogP contribution in [0.2, 0.25) is 0 Å². The lowest BCUT2D eigenvalue weighted by molar-refractivity contribution is 0.0938. The van der Waals surface area contributed by atoms with Crippen LogP contribution in [0.25, 0.3) is 0 Å². The zero-order chi connectivity index (χ0) is 21.6. The number of fused-ring (bicyclic) bond motifs is 2. The Labute approximate surface area is 171 Å². The Hall–Kier alpha value is -3.39. The highest BCUT2D eigenvalue weighted by atomic mass is 32.2. The van der Waals surface area contributed by atoms with Crippen molar-refractivity contribution in [2.45, 2.75) is 22.8 Å². The topological polar surface area (TPSA) is 80.3 Å². The fraction of sp³-hybridized carbons (Fsp3) is 0.0909. The van der Waals surface area contributed by atoms with E-state index in [4.69, 9.17) is 0 Å². The van der Waals surface area contributed by atoms with E-state index in [0.29, 0.717) is 5.56 Å². The number of amides is 1. The highest BCUT2D eigenvalue weighted by Crippen LogP contribution is 2.34. The summed E-state index contributed by atoms with van der Waals surface area (Å²) in [5, 5.41) is 2.62. The molecule has 0 aromatic heterocycles. The minimum Gasteiger partial charge on any atom is -0.346 e. The normalized spacial score (nSPS) is 15.1. The fourth-order valence-corrected chi connectivity index (χ4v) is 5.05. The summed E-state index contributed by atoms with van der Waals surface area (Å²) < 4.78 is 52.5. The van der Waals surface area contributed by atoms with Crippen LogP contribution in [0, 0.1) is 11.6 Å². The second-order valence-electron chi connectivity index (χ2n) is 6.91. The Morgan fingerprint density at radius 3 is 2.33 bits per heavy atom. The Morgan fingerprint density at radius 1 is 0.900 bits per heavy atom. The Bertz CT molecular complexity index is 1320. The summed E-state index contributed by atoms with van der Waals surface area (Å²) in [7, 11) is -3.97. The molecule has 1 unspecified atom stereocenters. The van der Waals surface area contributed by atoms with E-state index in [9.17, 15) is 26.8 Å². The van der Waals surface area contributed by atoms with E-state index in [1.807, 2.05) is 0 Å². The number of carbonyl (C=O) groups excluding carboxylic acids is 2. The quantitative estimate of drug-likeness (QED) is 0.539. The van der Waals surface area contributed by atoms with Crippen LogP contribution in [-0.4, -0.2) is 20.1 Å². The Kier molecular flexibility index (Phi) is 4.74. The van der Waals surface area contributed by atoms with Gasteiger partial charge in [0, 0.05) is 16.7 Å². The van der Waals surface area contributed by atoms with E-state index in [2.05, 4.69) is 5.32 Å². The number of carbonyl (C=O) groups is 2. The zero-order valence-corrected chi connectivity index (χ0v) is 16.5. The van der Waals surface area contributed by atoms with Crippen molar-refractivity contribution >= 4 is 21.5 Å². The first-order chi connectivity index (χ1) is 14.2. The molecule has 4 rings (SSSR count). The number of ketones is 1. The van der Waals surface area contributed by atoms with Gasteiger partial charge in [-0.3, -0.25) is 9.59 Å². The van der Waals surface area contributed by atoms with Crippen LogP contribution in [0.15, 0.2) is 70.5 Å². The molecule has 5 nitrogen and oxygen atoms in total. The third-order valence-corrected chi connectivity index (χ3v) is 6.84. The molecule has 1 atom stereocenters. The number of hydrogen-bond acceptors (Lipinski definition) is 4.